The van der Waals surface area contributed by atoms with E-state index >= 15 is 0 Å². The van der Waals surface area contributed by atoms with Crippen LogP contribution in [0.2, 0.25) is 0 Å². The SMILES string of the molecule is CCCCCCOc1ccc(-c2ccc(C(=O)CC(=O)C(F)(F)F)cc2)cc1. The molecule has 0 unspecified atom stereocenters. The molecule has 0 aromatic heterocycles. The second-order valence-electron chi connectivity index (χ2n) is 6.53. The first-order valence-electron chi connectivity index (χ1n) is 9.27. The van der Waals surface area contributed by atoms with Crippen LogP contribution in [0, 0.1) is 0 Å². The van der Waals surface area contributed by atoms with Crippen LogP contribution in [0.5, 0.6) is 5.75 Å². The lowest BCUT2D eigenvalue weighted by Gasteiger charge is -2.08. The van der Waals surface area contributed by atoms with Gasteiger partial charge in [0.15, 0.2) is 5.78 Å². The van der Waals surface area contributed by atoms with Crippen molar-refractivity contribution < 1.29 is 27.5 Å². The van der Waals surface area contributed by atoms with E-state index in [0.29, 0.717) is 6.61 Å². The highest BCUT2D eigenvalue weighted by Gasteiger charge is 2.39. The maximum atomic E-state index is 12.3. The molecule has 0 aliphatic rings. The number of hydrogen-bond acceptors (Lipinski definition) is 3. The number of halogens is 3. The first-order valence-corrected chi connectivity index (χ1v) is 9.27. The lowest BCUT2D eigenvalue weighted by atomic mass is 10.0. The van der Waals surface area contributed by atoms with Crippen molar-refractivity contribution in [2.75, 3.05) is 6.61 Å². The van der Waals surface area contributed by atoms with Gasteiger partial charge in [0.25, 0.3) is 0 Å². The zero-order valence-corrected chi connectivity index (χ0v) is 15.7. The van der Waals surface area contributed by atoms with Gasteiger partial charge in [0.05, 0.1) is 13.0 Å². The summed E-state index contributed by atoms with van der Waals surface area (Å²) >= 11 is 0. The molecule has 0 fully saturated rings. The molecule has 0 N–H and O–H groups in total. The minimum atomic E-state index is -4.99. The predicted octanol–water partition coefficient (Wildman–Crippen LogP) is 6.02. The fourth-order valence-electron chi connectivity index (χ4n) is 2.66. The molecule has 2 rings (SSSR count). The fraction of sp³-hybridized carbons (Fsp3) is 0.364. The second-order valence-corrected chi connectivity index (χ2v) is 6.53. The van der Waals surface area contributed by atoms with Gasteiger partial charge in [0, 0.05) is 5.56 Å². The van der Waals surface area contributed by atoms with Gasteiger partial charge in [-0.25, -0.2) is 0 Å². The van der Waals surface area contributed by atoms with E-state index in [1.165, 1.54) is 25.0 Å². The third-order valence-electron chi connectivity index (χ3n) is 4.30. The molecule has 2 aromatic carbocycles. The summed E-state index contributed by atoms with van der Waals surface area (Å²) in [5, 5.41) is 0. The largest absolute Gasteiger partial charge is 0.494 e. The number of rotatable bonds is 10. The summed E-state index contributed by atoms with van der Waals surface area (Å²) in [6, 6.07) is 13.6. The van der Waals surface area contributed by atoms with Crippen LogP contribution in [0.1, 0.15) is 49.4 Å². The summed E-state index contributed by atoms with van der Waals surface area (Å²) in [6.07, 6.45) is -1.62. The summed E-state index contributed by atoms with van der Waals surface area (Å²) in [4.78, 5) is 22.8. The van der Waals surface area contributed by atoms with Crippen molar-refractivity contribution in [1.82, 2.24) is 0 Å². The monoisotopic (exact) mass is 392 g/mol. The quantitative estimate of drug-likeness (QED) is 0.282. The molecule has 150 valence electrons. The van der Waals surface area contributed by atoms with Gasteiger partial charge in [-0.3, -0.25) is 9.59 Å². The van der Waals surface area contributed by atoms with E-state index in [4.69, 9.17) is 4.74 Å². The van der Waals surface area contributed by atoms with E-state index in [1.54, 1.807) is 12.1 Å². The molecular formula is C22H23F3O3. The van der Waals surface area contributed by atoms with Crippen molar-refractivity contribution in [2.45, 2.75) is 45.2 Å². The maximum Gasteiger partial charge on any atom is 0.450 e. The number of unbranched alkanes of at least 4 members (excludes halogenated alkanes) is 3. The average Bonchev–Trinajstić information content (AvgIpc) is 2.67. The summed E-state index contributed by atoms with van der Waals surface area (Å²) in [5.74, 6) is -2.11. The molecule has 0 bridgehead atoms. The third kappa shape index (κ3) is 6.51. The highest BCUT2D eigenvalue weighted by atomic mass is 19.4. The Balaban J connectivity index is 1.94. The van der Waals surface area contributed by atoms with Crippen LogP contribution in [-0.4, -0.2) is 24.3 Å². The zero-order chi connectivity index (χ0) is 20.6. The summed E-state index contributed by atoms with van der Waals surface area (Å²) < 4.78 is 42.5. The third-order valence-corrected chi connectivity index (χ3v) is 4.30. The molecule has 0 radical (unpaired) electrons. The lowest BCUT2D eigenvalue weighted by Crippen LogP contribution is -2.25. The topological polar surface area (TPSA) is 43.4 Å². The van der Waals surface area contributed by atoms with Gasteiger partial charge in [0.2, 0.25) is 5.78 Å². The molecule has 0 aliphatic carbocycles. The van der Waals surface area contributed by atoms with Gasteiger partial charge >= 0.3 is 6.18 Å². The summed E-state index contributed by atoms with van der Waals surface area (Å²) in [5.41, 5.74) is 1.78. The molecular weight excluding hydrogens is 369 g/mol. The van der Waals surface area contributed by atoms with Crippen molar-refractivity contribution in [3.8, 4) is 16.9 Å². The van der Waals surface area contributed by atoms with Crippen molar-refractivity contribution in [2.24, 2.45) is 0 Å². The molecule has 3 nitrogen and oxygen atoms in total. The van der Waals surface area contributed by atoms with Gasteiger partial charge in [-0.05, 0) is 29.7 Å². The Morgan fingerprint density at radius 2 is 1.43 bits per heavy atom. The smallest absolute Gasteiger partial charge is 0.450 e. The van der Waals surface area contributed by atoms with E-state index in [1.807, 2.05) is 24.3 Å². The molecule has 0 saturated heterocycles. The van der Waals surface area contributed by atoms with Crippen LogP contribution in [-0.2, 0) is 4.79 Å². The number of alkyl halides is 3. The van der Waals surface area contributed by atoms with Crippen molar-refractivity contribution in [3.05, 3.63) is 54.1 Å². The number of carbonyl (C=O) groups excluding carboxylic acids is 2. The van der Waals surface area contributed by atoms with E-state index < -0.39 is 24.2 Å². The Morgan fingerprint density at radius 3 is 1.96 bits per heavy atom. The predicted molar refractivity (Wildman–Crippen MR) is 102 cm³/mol. The van der Waals surface area contributed by atoms with Gasteiger partial charge in [-0.2, -0.15) is 13.2 Å². The molecule has 0 saturated carbocycles. The van der Waals surface area contributed by atoms with Crippen molar-refractivity contribution in [1.29, 1.82) is 0 Å². The van der Waals surface area contributed by atoms with E-state index in [9.17, 15) is 22.8 Å². The Morgan fingerprint density at radius 1 is 0.857 bits per heavy atom. The standard InChI is InChI=1S/C22H23F3O3/c1-2-3-4-5-14-28-19-12-10-17(11-13-19)16-6-8-18(9-7-16)20(26)15-21(27)22(23,24)25/h6-13H,2-5,14-15H2,1H3. The van der Waals surface area contributed by atoms with Gasteiger partial charge in [0.1, 0.15) is 5.75 Å². The maximum absolute atomic E-state index is 12.3. The van der Waals surface area contributed by atoms with Gasteiger partial charge < -0.3 is 4.74 Å². The van der Waals surface area contributed by atoms with Crippen molar-refractivity contribution in [3.63, 3.8) is 0 Å². The number of hydrogen-bond donors (Lipinski definition) is 0. The molecule has 28 heavy (non-hydrogen) atoms. The summed E-state index contributed by atoms with van der Waals surface area (Å²) in [6.45, 7) is 2.83. The average molecular weight is 392 g/mol. The number of ether oxygens (including phenoxy) is 1. The number of benzene rings is 2. The lowest BCUT2D eigenvalue weighted by molar-refractivity contribution is -0.170. The van der Waals surface area contributed by atoms with E-state index in [0.717, 1.165) is 29.7 Å². The number of carbonyl (C=O) groups is 2. The Labute approximate surface area is 162 Å². The molecule has 0 spiro atoms. The Hall–Kier alpha value is -2.63. The van der Waals surface area contributed by atoms with Gasteiger partial charge in [-0.15, -0.1) is 0 Å². The van der Waals surface area contributed by atoms with Crippen LogP contribution in [0.4, 0.5) is 13.2 Å². The number of ketones is 2. The van der Waals surface area contributed by atoms with E-state index in [-0.39, 0.29) is 5.56 Å². The molecule has 0 amide bonds. The van der Waals surface area contributed by atoms with Gasteiger partial charge in [-0.1, -0.05) is 62.6 Å². The molecule has 2 aromatic rings. The van der Waals surface area contributed by atoms with Crippen molar-refractivity contribution >= 4 is 11.6 Å². The van der Waals surface area contributed by atoms with Crippen LogP contribution in [0.15, 0.2) is 48.5 Å². The van der Waals surface area contributed by atoms with Crippen LogP contribution in [0.3, 0.4) is 0 Å². The Bertz CT molecular complexity index is 778. The zero-order valence-electron chi connectivity index (χ0n) is 15.7. The fourth-order valence-corrected chi connectivity index (χ4v) is 2.66. The highest BCUT2D eigenvalue weighted by Crippen LogP contribution is 2.24. The minimum absolute atomic E-state index is 0.0772. The van der Waals surface area contributed by atoms with Crippen LogP contribution >= 0.6 is 0 Å². The first kappa shape index (κ1) is 21.7. The Kier molecular flexibility index (Phi) is 7.79. The highest BCUT2D eigenvalue weighted by molar-refractivity contribution is 6.09. The molecule has 0 atom stereocenters. The minimum Gasteiger partial charge on any atom is -0.494 e. The molecule has 6 heteroatoms. The first-order chi connectivity index (χ1) is 13.3. The second kappa shape index (κ2) is 10.1. The van der Waals surface area contributed by atoms with Crippen LogP contribution < -0.4 is 4.74 Å². The normalized spacial score (nSPS) is 11.3. The molecule has 0 aliphatic heterocycles. The molecule has 0 heterocycles. The van der Waals surface area contributed by atoms with E-state index in [2.05, 4.69) is 6.92 Å². The van der Waals surface area contributed by atoms with Crippen LogP contribution in [0.25, 0.3) is 11.1 Å². The number of Topliss-reactive ketones (excluding diaryl/α,β-unsaturated/α-hetero) is 2. The summed E-state index contributed by atoms with van der Waals surface area (Å²) in [7, 11) is 0.